The first-order valence-electron chi connectivity index (χ1n) is 9.63. The second-order valence-electron chi connectivity index (χ2n) is 8.40. The van der Waals surface area contributed by atoms with Crippen molar-refractivity contribution in [1.82, 2.24) is 5.32 Å². The van der Waals surface area contributed by atoms with Gasteiger partial charge in [0, 0.05) is 18.2 Å². The quantitative estimate of drug-likeness (QED) is 0.571. The second kappa shape index (κ2) is 9.08. The minimum Gasteiger partial charge on any atom is -0.444 e. The van der Waals surface area contributed by atoms with Crippen molar-refractivity contribution in [2.75, 3.05) is 5.32 Å². The largest absolute Gasteiger partial charge is 0.444 e. The van der Waals surface area contributed by atoms with Gasteiger partial charge in [-0.25, -0.2) is 9.59 Å². The molecule has 2 N–H and O–H groups in total. The lowest BCUT2D eigenvalue weighted by atomic mass is 10.0. The molecular formula is C21H30N2O5. The zero-order valence-corrected chi connectivity index (χ0v) is 17.2. The number of carbonyl (C=O) groups excluding carboxylic acids is 3. The predicted octanol–water partition coefficient (Wildman–Crippen LogP) is 3.42. The van der Waals surface area contributed by atoms with E-state index >= 15 is 0 Å². The topological polar surface area (TPSA) is 93.7 Å². The third kappa shape index (κ3) is 6.55. The first-order valence-corrected chi connectivity index (χ1v) is 9.63. The molecule has 0 aromatic heterocycles. The van der Waals surface area contributed by atoms with Gasteiger partial charge in [0.2, 0.25) is 0 Å². The van der Waals surface area contributed by atoms with Crippen LogP contribution >= 0.6 is 0 Å². The number of esters is 2. The number of fused-ring (bicyclic) bond motifs is 1. The van der Waals surface area contributed by atoms with Crippen LogP contribution in [0.15, 0.2) is 24.3 Å². The van der Waals surface area contributed by atoms with Crippen molar-refractivity contribution in [2.24, 2.45) is 5.92 Å². The molecule has 0 saturated heterocycles. The molecule has 1 heterocycles. The first-order chi connectivity index (χ1) is 13.0. The molecule has 2 rings (SSSR count). The normalized spacial score (nSPS) is 16.7. The molecule has 2 unspecified atom stereocenters. The molecule has 0 saturated carbocycles. The maximum atomic E-state index is 12.3. The summed E-state index contributed by atoms with van der Waals surface area (Å²) in [6, 6.07) is 7.20. The molecule has 1 aromatic rings. The smallest absolute Gasteiger partial charge is 0.408 e. The summed E-state index contributed by atoms with van der Waals surface area (Å²) in [5, 5.41) is 5.85. The van der Waals surface area contributed by atoms with Crippen LogP contribution in [0.3, 0.4) is 0 Å². The molecule has 7 nitrogen and oxygen atoms in total. The van der Waals surface area contributed by atoms with Crippen LogP contribution in [0.2, 0.25) is 0 Å². The van der Waals surface area contributed by atoms with Gasteiger partial charge in [0.25, 0.3) is 0 Å². The molecule has 28 heavy (non-hydrogen) atoms. The van der Waals surface area contributed by atoms with Crippen LogP contribution in [-0.2, 0) is 25.5 Å². The van der Waals surface area contributed by atoms with Gasteiger partial charge < -0.3 is 20.1 Å². The summed E-state index contributed by atoms with van der Waals surface area (Å²) in [5.41, 5.74) is 1.62. The molecule has 1 aromatic carbocycles. The minimum atomic E-state index is -0.951. The van der Waals surface area contributed by atoms with E-state index in [1.54, 1.807) is 34.6 Å². The SMILES string of the molecule is CC(C)C(NC(=O)OC(C)(C)C)C(=O)OC(=O)CCC1Cc2ccccc2N1. The lowest BCUT2D eigenvalue weighted by Gasteiger charge is -2.24. The Labute approximate surface area is 166 Å². The number of hydrogen-bond donors (Lipinski definition) is 2. The molecule has 0 fully saturated rings. The number of nitrogens with one attached hydrogen (secondary N) is 2. The van der Waals surface area contributed by atoms with E-state index in [1.807, 2.05) is 18.2 Å². The summed E-state index contributed by atoms with van der Waals surface area (Å²) in [6.07, 6.45) is 0.802. The highest BCUT2D eigenvalue weighted by Gasteiger charge is 2.30. The molecule has 0 radical (unpaired) electrons. The van der Waals surface area contributed by atoms with E-state index in [9.17, 15) is 14.4 Å². The number of ether oxygens (including phenoxy) is 2. The zero-order valence-electron chi connectivity index (χ0n) is 17.2. The van der Waals surface area contributed by atoms with E-state index in [1.165, 1.54) is 5.56 Å². The Bertz CT molecular complexity index is 699. The van der Waals surface area contributed by atoms with Crippen molar-refractivity contribution in [3.63, 3.8) is 0 Å². The fourth-order valence-electron chi connectivity index (χ4n) is 3.00. The number of para-hydroxylation sites is 1. The number of alkyl carbamates (subject to hydrolysis) is 1. The Hall–Kier alpha value is -2.57. The van der Waals surface area contributed by atoms with Crippen molar-refractivity contribution in [2.45, 2.75) is 71.6 Å². The predicted molar refractivity (Wildman–Crippen MR) is 106 cm³/mol. The van der Waals surface area contributed by atoms with Gasteiger partial charge in [0.1, 0.15) is 11.6 Å². The third-order valence-corrected chi connectivity index (χ3v) is 4.35. The maximum Gasteiger partial charge on any atom is 0.408 e. The lowest BCUT2D eigenvalue weighted by molar-refractivity contribution is -0.162. The van der Waals surface area contributed by atoms with Gasteiger partial charge in [-0.3, -0.25) is 4.79 Å². The van der Waals surface area contributed by atoms with Crippen LogP contribution in [0.4, 0.5) is 10.5 Å². The van der Waals surface area contributed by atoms with Crippen LogP contribution in [0.25, 0.3) is 0 Å². The van der Waals surface area contributed by atoms with E-state index in [0.29, 0.717) is 6.42 Å². The summed E-state index contributed by atoms with van der Waals surface area (Å²) >= 11 is 0. The number of benzene rings is 1. The molecule has 0 aliphatic carbocycles. The Morgan fingerprint density at radius 3 is 2.50 bits per heavy atom. The Morgan fingerprint density at radius 2 is 1.89 bits per heavy atom. The number of hydrogen-bond acceptors (Lipinski definition) is 6. The Kier molecular flexibility index (Phi) is 7.05. The highest BCUT2D eigenvalue weighted by molar-refractivity contribution is 5.90. The molecule has 0 bridgehead atoms. The minimum absolute atomic E-state index is 0.120. The summed E-state index contributed by atoms with van der Waals surface area (Å²) in [7, 11) is 0. The van der Waals surface area contributed by atoms with Gasteiger partial charge in [0.05, 0.1) is 0 Å². The van der Waals surface area contributed by atoms with E-state index in [0.717, 1.165) is 12.1 Å². The Balaban J connectivity index is 1.81. The van der Waals surface area contributed by atoms with Gasteiger partial charge in [-0.15, -0.1) is 0 Å². The van der Waals surface area contributed by atoms with Gasteiger partial charge in [0.15, 0.2) is 0 Å². The average molecular weight is 390 g/mol. The van der Waals surface area contributed by atoms with Gasteiger partial charge >= 0.3 is 18.0 Å². The van der Waals surface area contributed by atoms with Crippen LogP contribution in [-0.4, -0.2) is 35.7 Å². The van der Waals surface area contributed by atoms with E-state index < -0.39 is 29.7 Å². The summed E-state index contributed by atoms with van der Waals surface area (Å²) in [4.78, 5) is 36.4. The summed E-state index contributed by atoms with van der Waals surface area (Å²) < 4.78 is 10.1. The van der Waals surface area contributed by atoms with Crippen molar-refractivity contribution >= 4 is 23.7 Å². The molecule has 1 aliphatic rings. The van der Waals surface area contributed by atoms with Crippen molar-refractivity contribution in [3.8, 4) is 0 Å². The number of carbonyl (C=O) groups is 3. The van der Waals surface area contributed by atoms with E-state index in [4.69, 9.17) is 9.47 Å². The monoisotopic (exact) mass is 390 g/mol. The number of anilines is 1. The van der Waals surface area contributed by atoms with Crippen LogP contribution in [0.1, 0.15) is 53.0 Å². The number of amides is 1. The van der Waals surface area contributed by atoms with E-state index in [2.05, 4.69) is 16.7 Å². The third-order valence-electron chi connectivity index (χ3n) is 4.35. The fourth-order valence-corrected chi connectivity index (χ4v) is 3.00. The van der Waals surface area contributed by atoms with Crippen molar-refractivity contribution in [1.29, 1.82) is 0 Å². The zero-order chi connectivity index (χ0) is 20.9. The van der Waals surface area contributed by atoms with Crippen LogP contribution in [0.5, 0.6) is 0 Å². The molecule has 0 spiro atoms. The van der Waals surface area contributed by atoms with Crippen LogP contribution in [0, 0.1) is 5.92 Å². The molecule has 1 amide bonds. The van der Waals surface area contributed by atoms with Crippen molar-refractivity contribution in [3.05, 3.63) is 29.8 Å². The van der Waals surface area contributed by atoms with Crippen LogP contribution < -0.4 is 10.6 Å². The second-order valence-corrected chi connectivity index (χ2v) is 8.40. The molecule has 7 heteroatoms. The number of rotatable bonds is 6. The first kappa shape index (κ1) is 21.7. The average Bonchev–Trinajstić information content (AvgIpc) is 2.99. The maximum absolute atomic E-state index is 12.3. The van der Waals surface area contributed by atoms with Gasteiger partial charge in [-0.2, -0.15) is 0 Å². The van der Waals surface area contributed by atoms with Gasteiger partial charge in [-0.1, -0.05) is 32.0 Å². The standard InChI is InChI=1S/C21H30N2O5/c1-13(2)18(23-20(26)28-21(3,4)5)19(25)27-17(24)11-10-15-12-14-8-6-7-9-16(14)22-15/h6-9,13,15,18,22H,10-12H2,1-5H3,(H,23,26). The molecule has 154 valence electrons. The van der Waals surface area contributed by atoms with E-state index in [-0.39, 0.29) is 18.4 Å². The molecule has 1 aliphatic heterocycles. The summed E-state index contributed by atoms with van der Waals surface area (Å²) in [6.45, 7) is 8.71. The van der Waals surface area contributed by atoms with Crippen molar-refractivity contribution < 1.29 is 23.9 Å². The van der Waals surface area contributed by atoms with Gasteiger partial charge in [-0.05, 0) is 51.2 Å². The summed E-state index contributed by atoms with van der Waals surface area (Å²) in [5.74, 6) is -1.62. The highest BCUT2D eigenvalue weighted by atomic mass is 16.6. The Morgan fingerprint density at radius 1 is 1.21 bits per heavy atom. The fraction of sp³-hybridized carbons (Fsp3) is 0.571. The lowest BCUT2D eigenvalue weighted by Crippen LogP contribution is -2.47. The molecular weight excluding hydrogens is 360 g/mol. The molecule has 2 atom stereocenters. The highest BCUT2D eigenvalue weighted by Crippen LogP contribution is 2.27.